The van der Waals surface area contributed by atoms with Crippen molar-refractivity contribution in [3.8, 4) is 17.2 Å². The highest BCUT2D eigenvalue weighted by Gasteiger charge is 2.30. The molecule has 0 fully saturated rings. The summed E-state index contributed by atoms with van der Waals surface area (Å²) in [6.07, 6.45) is 2.02. The number of hydrogen-bond acceptors (Lipinski definition) is 9. The third-order valence-electron chi connectivity index (χ3n) is 9.08. The van der Waals surface area contributed by atoms with Gasteiger partial charge < -0.3 is 44.7 Å². The van der Waals surface area contributed by atoms with Crippen molar-refractivity contribution in [1.82, 2.24) is 9.80 Å². The van der Waals surface area contributed by atoms with Crippen molar-refractivity contribution >= 4 is 29.3 Å². The molecule has 274 valence electrons. The maximum absolute atomic E-state index is 14.4. The van der Waals surface area contributed by atoms with Gasteiger partial charge in [0.2, 0.25) is 6.79 Å². The van der Waals surface area contributed by atoms with Gasteiger partial charge in [0.25, 0.3) is 5.91 Å². The molecule has 0 saturated carbocycles. The van der Waals surface area contributed by atoms with Gasteiger partial charge in [-0.3, -0.25) is 9.69 Å². The van der Waals surface area contributed by atoms with Gasteiger partial charge >= 0.3 is 12.0 Å². The number of hydrogen-bond donors (Lipinski definition) is 4. The molecule has 4 N–H and O–H groups in total. The van der Waals surface area contributed by atoms with E-state index < -0.39 is 18.0 Å². The van der Waals surface area contributed by atoms with Gasteiger partial charge in [-0.2, -0.15) is 0 Å². The Morgan fingerprint density at radius 2 is 1.65 bits per heavy atom. The molecule has 0 aromatic heterocycles. The second-order valence-electron chi connectivity index (χ2n) is 13.4. The van der Waals surface area contributed by atoms with E-state index in [-0.39, 0.29) is 48.6 Å². The Morgan fingerprint density at radius 1 is 0.961 bits per heavy atom. The average Bonchev–Trinajstić information content (AvgIpc) is 3.57. The second-order valence-corrected chi connectivity index (χ2v) is 13.4. The SMILES string of the molecule is C[C@H](CO)N1C[C@H](C)[C@@H](CN(C)Cc2ccc(C(=O)O)cc2)OCCCC[C@H](C)Oc2ccc(NC(=O)Nc3ccc4c(c3)OCO4)cc2C1=O. The van der Waals surface area contributed by atoms with Crippen molar-refractivity contribution in [2.24, 2.45) is 5.92 Å². The van der Waals surface area contributed by atoms with Crippen molar-refractivity contribution in [1.29, 1.82) is 0 Å². The predicted molar refractivity (Wildman–Crippen MR) is 192 cm³/mol. The van der Waals surface area contributed by atoms with E-state index >= 15 is 0 Å². The summed E-state index contributed by atoms with van der Waals surface area (Å²) < 4.78 is 23.5. The Hall–Kier alpha value is -4.85. The zero-order valence-electron chi connectivity index (χ0n) is 29.6. The van der Waals surface area contributed by atoms with Crippen LogP contribution in [0.15, 0.2) is 60.7 Å². The molecule has 5 rings (SSSR count). The van der Waals surface area contributed by atoms with E-state index in [1.807, 2.05) is 33.0 Å². The quantitative estimate of drug-likeness (QED) is 0.218. The molecule has 13 nitrogen and oxygen atoms in total. The van der Waals surface area contributed by atoms with Crippen LogP contribution in [0.4, 0.5) is 16.2 Å². The summed E-state index contributed by atoms with van der Waals surface area (Å²) in [6, 6.07) is 15.9. The van der Waals surface area contributed by atoms with E-state index in [2.05, 4.69) is 15.5 Å². The van der Waals surface area contributed by atoms with Crippen molar-refractivity contribution < 1.29 is 43.5 Å². The molecule has 0 saturated heterocycles. The number of aromatic carboxylic acids is 1. The number of ether oxygens (including phenoxy) is 4. The Balaban J connectivity index is 1.35. The molecule has 3 aromatic carbocycles. The molecule has 0 aliphatic carbocycles. The fourth-order valence-electron chi connectivity index (χ4n) is 6.17. The first-order valence-corrected chi connectivity index (χ1v) is 17.3. The number of nitrogens with one attached hydrogen (secondary N) is 2. The molecule has 2 aliphatic heterocycles. The summed E-state index contributed by atoms with van der Waals surface area (Å²) >= 11 is 0. The van der Waals surface area contributed by atoms with Gasteiger partial charge in [-0.25, -0.2) is 9.59 Å². The molecule has 3 aromatic rings. The maximum Gasteiger partial charge on any atom is 0.335 e. The van der Waals surface area contributed by atoms with Crippen molar-refractivity contribution in [3.63, 3.8) is 0 Å². The zero-order chi connectivity index (χ0) is 36.5. The van der Waals surface area contributed by atoms with E-state index in [1.165, 1.54) is 0 Å². The van der Waals surface area contributed by atoms with E-state index in [1.54, 1.807) is 60.4 Å². The molecule has 0 bridgehead atoms. The van der Waals surface area contributed by atoms with Gasteiger partial charge in [0.15, 0.2) is 11.5 Å². The standard InChI is InChI=1S/C38H48N4O9/c1-24-19-42(25(2)22-43)36(44)31-17-29(39-38(47)40-30-13-15-33-34(18-30)50-23-49-33)12-14-32(31)51-26(3)7-5-6-16-48-35(24)21-41(4)20-27-8-10-28(11-9-27)37(45)46/h8-15,17-18,24-26,35,43H,5-7,16,19-23H2,1-4H3,(H,45,46)(H2,39,40,47)/t24-,25+,26-,35+/m0/s1. The molecule has 0 spiro atoms. The fourth-order valence-corrected chi connectivity index (χ4v) is 6.17. The Labute approximate surface area is 298 Å². The lowest BCUT2D eigenvalue weighted by Gasteiger charge is -2.36. The number of benzene rings is 3. The molecule has 3 amide bonds. The molecule has 4 atom stereocenters. The van der Waals surface area contributed by atoms with Crippen LogP contribution >= 0.6 is 0 Å². The summed E-state index contributed by atoms with van der Waals surface area (Å²) in [5, 5.41) is 25.1. The van der Waals surface area contributed by atoms with Gasteiger partial charge in [-0.1, -0.05) is 19.1 Å². The molecule has 0 unspecified atom stereocenters. The topological polar surface area (TPSA) is 159 Å². The number of urea groups is 1. The first-order chi connectivity index (χ1) is 24.5. The molecule has 0 radical (unpaired) electrons. The van der Waals surface area contributed by atoms with Gasteiger partial charge in [0, 0.05) is 49.6 Å². The number of carboxylic acid groups (broad SMARTS) is 1. The second kappa shape index (κ2) is 17.4. The molecule has 51 heavy (non-hydrogen) atoms. The maximum atomic E-state index is 14.4. The predicted octanol–water partition coefficient (Wildman–Crippen LogP) is 5.69. The minimum absolute atomic E-state index is 0.122. The van der Waals surface area contributed by atoms with Crippen LogP contribution in [-0.4, -0.2) is 96.3 Å². The number of aliphatic hydroxyl groups excluding tert-OH is 1. The lowest BCUT2D eigenvalue weighted by atomic mass is 10.0. The highest BCUT2D eigenvalue weighted by molar-refractivity contribution is 6.02. The van der Waals surface area contributed by atoms with Crippen molar-refractivity contribution in [2.45, 2.75) is 64.8 Å². The highest BCUT2D eigenvalue weighted by atomic mass is 16.7. The van der Waals surface area contributed by atoms with E-state index in [0.29, 0.717) is 54.9 Å². The number of carbonyl (C=O) groups excluding carboxylic acids is 2. The van der Waals surface area contributed by atoms with Gasteiger partial charge in [-0.15, -0.1) is 0 Å². The number of anilines is 2. The van der Waals surface area contributed by atoms with E-state index in [4.69, 9.17) is 18.9 Å². The summed E-state index contributed by atoms with van der Waals surface area (Å²) in [5.74, 6) is 0.108. The summed E-state index contributed by atoms with van der Waals surface area (Å²) in [4.78, 5) is 42.5. The van der Waals surface area contributed by atoms with Crippen molar-refractivity contribution in [2.75, 3.05) is 50.8 Å². The molecule has 2 heterocycles. The third kappa shape index (κ3) is 10.1. The fraction of sp³-hybridized carbons (Fsp3) is 0.447. The monoisotopic (exact) mass is 704 g/mol. The van der Waals surface area contributed by atoms with E-state index in [0.717, 1.165) is 24.8 Å². The van der Waals surface area contributed by atoms with Gasteiger partial charge in [-0.05, 0) is 88.2 Å². The number of nitrogens with zero attached hydrogens (tertiary/aromatic N) is 2. The lowest BCUT2D eigenvalue weighted by Crippen LogP contribution is -2.47. The Bertz CT molecular complexity index is 1670. The largest absolute Gasteiger partial charge is 0.490 e. The minimum atomic E-state index is -0.966. The number of carboxylic acids is 1. The molecule has 2 aliphatic rings. The number of carbonyl (C=O) groups is 3. The minimum Gasteiger partial charge on any atom is -0.490 e. The van der Waals surface area contributed by atoms with Crippen LogP contribution in [0.5, 0.6) is 17.2 Å². The van der Waals surface area contributed by atoms with Gasteiger partial charge in [0.05, 0.1) is 36.0 Å². The van der Waals surface area contributed by atoms with Crippen LogP contribution in [-0.2, 0) is 11.3 Å². The number of fused-ring (bicyclic) bond motifs is 2. The number of amides is 3. The van der Waals surface area contributed by atoms with Crippen LogP contribution in [0, 0.1) is 5.92 Å². The van der Waals surface area contributed by atoms with Crippen LogP contribution in [0.2, 0.25) is 0 Å². The van der Waals surface area contributed by atoms with Crippen LogP contribution in [0.25, 0.3) is 0 Å². The summed E-state index contributed by atoms with van der Waals surface area (Å²) in [6.45, 7) is 7.66. The summed E-state index contributed by atoms with van der Waals surface area (Å²) in [5.41, 5.74) is 2.38. The zero-order valence-corrected chi connectivity index (χ0v) is 29.6. The van der Waals surface area contributed by atoms with Crippen molar-refractivity contribution in [3.05, 3.63) is 77.4 Å². The highest BCUT2D eigenvalue weighted by Crippen LogP contribution is 2.34. The van der Waals surface area contributed by atoms with Crippen LogP contribution < -0.4 is 24.8 Å². The molecular formula is C38H48N4O9. The van der Waals surface area contributed by atoms with Crippen LogP contribution in [0.1, 0.15) is 66.3 Å². The molecular weight excluding hydrogens is 656 g/mol. The smallest absolute Gasteiger partial charge is 0.335 e. The Kier molecular flexibility index (Phi) is 12.8. The average molecular weight is 705 g/mol. The first-order valence-electron chi connectivity index (χ1n) is 17.3. The third-order valence-corrected chi connectivity index (χ3v) is 9.08. The normalized spacial score (nSPS) is 20.2. The summed E-state index contributed by atoms with van der Waals surface area (Å²) in [7, 11) is 1.98. The number of likely N-dealkylation sites (N-methyl/N-ethyl adjacent to an activating group) is 1. The van der Waals surface area contributed by atoms with Gasteiger partial charge in [0.1, 0.15) is 5.75 Å². The number of rotatable bonds is 9. The van der Waals surface area contributed by atoms with Crippen LogP contribution in [0.3, 0.4) is 0 Å². The van der Waals surface area contributed by atoms with E-state index in [9.17, 15) is 24.6 Å². The lowest BCUT2D eigenvalue weighted by molar-refractivity contribution is -0.0177. The Morgan fingerprint density at radius 3 is 2.35 bits per heavy atom. The first kappa shape index (κ1) is 37.4. The number of aliphatic hydroxyl groups is 1. The molecule has 13 heteroatoms.